The maximum Gasteiger partial charge on any atom is 0.257 e. The molecule has 1 atom stereocenters. The van der Waals surface area contributed by atoms with Crippen LogP contribution >= 0.6 is 0 Å². The van der Waals surface area contributed by atoms with Crippen LogP contribution in [0.2, 0.25) is 0 Å². The number of benzene rings is 1. The van der Waals surface area contributed by atoms with E-state index in [0.717, 1.165) is 0 Å². The number of hydrogen-bond acceptors (Lipinski definition) is 2. The van der Waals surface area contributed by atoms with Crippen LogP contribution in [0.1, 0.15) is 48.1 Å². The van der Waals surface area contributed by atoms with Gasteiger partial charge < -0.3 is 4.90 Å². The lowest BCUT2D eigenvalue weighted by molar-refractivity contribution is 0.0790. The van der Waals surface area contributed by atoms with Gasteiger partial charge in [0.1, 0.15) is 11.6 Å². The van der Waals surface area contributed by atoms with E-state index in [2.05, 4.69) is 5.10 Å². The van der Waals surface area contributed by atoms with Crippen molar-refractivity contribution in [3.8, 4) is 0 Å². The van der Waals surface area contributed by atoms with E-state index in [1.165, 1.54) is 18.2 Å². The van der Waals surface area contributed by atoms with Crippen molar-refractivity contribution in [2.24, 2.45) is 0 Å². The minimum Gasteiger partial charge on any atom is -0.338 e. The first kappa shape index (κ1) is 15.6. The van der Waals surface area contributed by atoms with Crippen LogP contribution in [-0.4, -0.2) is 33.7 Å². The third kappa shape index (κ3) is 2.98. The van der Waals surface area contributed by atoms with Crippen molar-refractivity contribution in [1.29, 1.82) is 0 Å². The highest BCUT2D eigenvalue weighted by Gasteiger charge is 2.31. The highest BCUT2D eigenvalue weighted by Crippen LogP contribution is 2.31. The van der Waals surface area contributed by atoms with Gasteiger partial charge in [-0.15, -0.1) is 0 Å². The fraction of sp³-hybridized carbons (Fsp3) is 0.412. The van der Waals surface area contributed by atoms with Gasteiger partial charge in [-0.1, -0.05) is 6.07 Å². The Hall–Kier alpha value is -2.24. The summed E-state index contributed by atoms with van der Waals surface area (Å²) in [6, 6.07) is 4.05. The van der Waals surface area contributed by atoms with Crippen LogP contribution in [0.4, 0.5) is 8.78 Å². The number of rotatable bonds is 3. The quantitative estimate of drug-likeness (QED) is 0.870. The summed E-state index contributed by atoms with van der Waals surface area (Å²) in [7, 11) is 0. The first-order valence-corrected chi connectivity index (χ1v) is 7.74. The van der Waals surface area contributed by atoms with E-state index in [0.29, 0.717) is 25.1 Å². The van der Waals surface area contributed by atoms with Gasteiger partial charge in [0, 0.05) is 36.8 Å². The van der Waals surface area contributed by atoms with Crippen molar-refractivity contribution >= 4 is 5.91 Å². The summed E-state index contributed by atoms with van der Waals surface area (Å²) in [6.07, 6.45) is 3.81. The van der Waals surface area contributed by atoms with Gasteiger partial charge in [0.25, 0.3) is 5.91 Å². The molecule has 122 valence electrons. The minimum atomic E-state index is -0.545. The summed E-state index contributed by atoms with van der Waals surface area (Å²) in [6.45, 7) is 4.77. The van der Waals surface area contributed by atoms with Gasteiger partial charge in [0.15, 0.2) is 0 Å². The maximum atomic E-state index is 13.9. The van der Waals surface area contributed by atoms with Crippen molar-refractivity contribution < 1.29 is 13.6 Å². The lowest BCUT2D eigenvalue weighted by atomic mass is 9.97. The lowest BCUT2D eigenvalue weighted by Crippen LogP contribution is -2.28. The Labute approximate surface area is 133 Å². The molecule has 0 saturated carbocycles. The van der Waals surface area contributed by atoms with Crippen LogP contribution in [0, 0.1) is 11.6 Å². The smallest absolute Gasteiger partial charge is 0.257 e. The predicted molar refractivity (Wildman–Crippen MR) is 82.2 cm³/mol. The third-order valence-corrected chi connectivity index (χ3v) is 4.26. The topological polar surface area (TPSA) is 38.1 Å². The molecule has 2 heterocycles. The van der Waals surface area contributed by atoms with Crippen molar-refractivity contribution in [1.82, 2.24) is 14.7 Å². The van der Waals surface area contributed by atoms with Crippen molar-refractivity contribution in [3.63, 3.8) is 0 Å². The first-order chi connectivity index (χ1) is 11.0. The predicted octanol–water partition coefficient (Wildman–Crippen LogP) is 3.37. The van der Waals surface area contributed by atoms with Gasteiger partial charge in [-0.2, -0.15) is 5.10 Å². The average molecular weight is 319 g/mol. The number of likely N-dealkylation sites (tertiary alicyclic amines) is 1. The van der Waals surface area contributed by atoms with Crippen LogP contribution < -0.4 is 0 Å². The first-order valence-electron chi connectivity index (χ1n) is 7.74. The second-order valence-electron chi connectivity index (χ2n) is 6.17. The monoisotopic (exact) mass is 319 g/mol. The molecule has 1 amide bonds. The van der Waals surface area contributed by atoms with Crippen molar-refractivity contribution in [3.05, 3.63) is 53.4 Å². The lowest BCUT2D eigenvalue weighted by Gasteiger charge is -2.16. The second-order valence-corrected chi connectivity index (χ2v) is 6.17. The molecule has 1 aliphatic rings. The highest BCUT2D eigenvalue weighted by molar-refractivity contribution is 5.94. The van der Waals surface area contributed by atoms with Crippen LogP contribution in [0.3, 0.4) is 0 Å². The number of carbonyl (C=O) groups excluding carboxylic acids is 1. The van der Waals surface area contributed by atoms with Gasteiger partial charge in [-0.05, 0) is 32.4 Å². The van der Waals surface area contributed by atoms with E-state index in [1.807, 2.05) is 13.8 Å². The van der Waals surface area contributed by atoms with E-state index in [-0.39, 0.29) is 23.4 Å². The van der Waals surface area contributed by atoms with Gasteiger partial charge >= 0.3 is 0 Å². The van der Waals surface area contributed by atoms with Crippen LogP contribution in [0.15, 0.2) is 30.6 Å². The number of amides is 1. The molecule has 0 radical (unpaired) electrons. The number of halogens is 2. The van der Waals surface area contributed by atoms with Crippen LogP contribution in [-0.2, 0) is 0 Å². The normalized spacial score (nSPS) is 18.0. The van der Waals surface area contributed by atoms with Gasteiger partial charge in [0.2, 0.25) is 0 Å². The zero-order valence-electron chi connectivity index (χ0n) is 13.2. The van der Waals surface area contributed by atoms with E-state index < -0.39 is 11.6 Å². The molecule has 1 fully saturated rings. The van der Waals surface area contributed by atoms with Crippen LogP contribution in [0.25, 0.3) is 0 Å². The van der Waals surface area contributed by atoms with Crippen LogP contribution in [0.5, 0.6) is 0 Å². The summed E-state index contributed by atoms with van der Waals surface area (Å²) >= 11 is 0. The highest BCUT2D eigenvalue weighted by atomic mass is 19.1. The Kier molecular flexibility index (Phi) is 4.15. The molecule has 6 heteroatoms. The molecule has 1 aromatic carbocycles. The van der Waals surface area contributed by atoms with E-state index in [4.69, 9.17) is 0 Å². The molecule has 1 aliphatic heterocycles. The summed E-state index contributed by atoms with van der Waals surface area (Å²) in [5.41, 5.74) is 0.592. The fourth-order valence-electron chi connectivity index (χ4n) is 2.99. The Bertz CT molecular complexity index is 706. The molecule has 4 nitrogen and oxygen atoms in total. The molecule has 3 rings (SSSR count). The average Bonchev–Trinajstić information content (AvgIpc) is 3.16. The molecule has 0 N–H and O–H groups in total. The molecular weight excluding hydrogens is 300 g/mol. The number of carbonyl (C=O) groups is 1. The maximum absolute atomic E-state index is 13.9. The summed E-state index contributed by atoms with van der Waals surface area (Å²) in [4.78, 5) is 14.2. The van der Waals surface area contributed by atoms with Gasteiger partial charge in [-0.25, -0.2) is 8.78 Å². The van der Waals surface area contributed by atoms with E-state index in [1.54, 1.807) is 22.0 Å². The third-order valence-electron chi connectivity index (χ3n) is 4.26. The molecule has 23 heavy (non-hydrogen) atoms. The molecule has 0 spiro atoms. The zero-order valence-corrected chi connectivity index (χ0v) is 13.2. The van der Waals surface area contributed by atoms with Crippen molar-refractivity contribution in [2.75, 3.05) is 13.1 Å². The second kappa shape index (κ2) is 6.10. The Morgan fingerprint density at radius 2 is 2.00 bits per heavy atom. The number of aromatic nitrogens is 2. The Balaban J connectivity index is 1.75. The molecule has 1 unspecified atom stereocenters. The molecule has 1 aromatic heterocycles. The summed E-state index contributed by atoms with van der Waals surface area (Å²) in [5, 5.41) is 4.16. The van der Waals surface area contributed by atoms with E-state index in [9.17, 15) is 13.6 Å². The number of hydrogen-bond donors (Lipinski definition) is 0. The zero-order chi connectivity index (χ0) is 16.6. The van der Waals surface area contributed by atoms with E-state index >= 15 is 0 Å². The van der Waals surface area contributed by atoms with Gasteiger partial charge in [0.05, 0.1) is 11.8 Å². The Morgan fingerprint density at radius 1 is 1.30 bits per heavy atom. The molecule has 0 bridgehead atoms. The minimum absolute atomic E-state index is 0.0840. The summed E-state index contributed by atoms with van der Waals surface area (Å²) < 4.78 is 29.5. The summed E-state index contributed by atoms with van der Waals surface area (Å²) in [5.74, 6) is -1.54. The number of nitrogens with zero attached hydrogens (tertiary/aromatic N) is 3. The molecular formula is C17H19F2N3O. The molecule has 1 saturated heterocycles. The largest absolute Gasteiger partial charge is 0.338 e. The van der Waals surface area contributed by atoms with Gasteiger partial charge in [-0.3, -0.25) is 9.48 Å². The SMILES string of the molecule is CC(C)n1cc(C(=O)N2CCC(c3c(F)cccc3F)C2)cn1. The molecule has 2 aromatic rings. The Morgan fingerprint density at radius 3 is 2.61 bits per heavy atom. The fourth-order valence-corrected chi connectivity index (χ4v) is 2.99. The standard InChI is InChI=1S/C17H19F2N3O/c1-11(2)22-10-13(8-20-22)17(23)21-7-6-12(9-21)16-14(18)4-3-5-15(16)19/h3-5,8,10-12H,6-7,9H2,1-2H3. The molecule has 0 aliphatic carbocycles. The van der Waals surface area contributed by atoms with Crippen molar-refractivity contribution in [2.45, 2.75) is 32.2 Å².